The number of amides is 1. The van der Waals surface area contributed by atoms with Crippen molar-refractivity contribution in [3.63, 3.8) is 0 Å². The molecule has 0 aliphatic rings. The highest BCUT2D eigenvalue weighted by Crippen LogP contribution is 2.26. The molecule has 30 heavy (non-hydrogen) atoms. The molecule has 0 aliphatic heterocycles. The maximum atomic E-state index is 11.8. The summed E-state index contributed by atoms with van der Waals surface area (Å²) in [5.41, 5.74) is 4.36. The summed E-state index contributed by atoms with van der Waals surface area (Å²) in [4.78, 5) is 21.1. The number of fused-ring (bicyclic) bond motifs is 1. The van der Waals surface area contributed by atoms with E-state index in [1.54, 1.807) is 27.8 Å². The fraction of sp³-hybridized carbons (Fsp3) is 0.286. The van der Waals surface area contributed by atoms with Gasteiger partial charge in [0.1, 0.15) is 5.60 Å². The molecule has 0 aliphatic carbocycles. The number of carbonyl (C=O) groups is 1. The quantitative estimate of drug-likeness (QED) is 0.560. The summed E-state index contributed by atoms with van der Waals surface area (Å²) < 4.78 is 8.77. The molecule has 4 heterocycles. The Hall–Kier alpha value is -3.75. The minimum Gasteiger partial charge on any atom is -0.444 e. The largest absolute Gasteiger partial charge is 0.444 e. The van der Waals surface area contributed by atoms with Gasteiger partial charge in [0.15, 0.2) is 0 Å². The molecule has 9 heteroatoms. The van der Waals surface area contributed by atoms with Crippen molar-refractivity contribution in [3.8, 4) is 22.5 Å². The zero-order valence-electron chi connectivity index (χ0n) is 17.3. The maximum absolute atomic E-state index is 11.8. The molecule has 0 bridgehead atoms. The van der Waals surface area contributed by atoms with E-state index >= 15 is 0 Å². The zero-order chi connectivity index (χ0) is 21.3. The first-order valence-electron chi connectivity index (χ1n) is 9.54. The van der Waals surface area contributed by atoms with Gasteiger partial charge in [-0.2, -0.15) is 10.2 Å². The van der Waals surface area contributed by atoms with Crippen LogP contribution in [0.25, 0.3) is 28.0 Å². The van der Waals surface area contributed by atoms with Crippen molar-refractivity contribution in [1.82, 2.24) is 34.7 Å². The predicted molar refractivity (Wildman–Crippen MR) is 111 cm³/mol. The summed E-state index contributed by atoms with van der Waals surface area (Å²) in [6, 6.07) is 5.70. The van der Waals surface area contributed by atoms with Crippen molar-refractivity contribution in [1.29, 1.82) is 0 Å². The minimum atomic E-state index is -0.539. The second-order valence-corrected chi connectivity index (χ2v) is 7.93. The van der Waals surface area contributed by atoms with Crippen molar-refractivity contribution in [3.05, 3.63) is 54.9 Å². The molecule has 9 nitrogen and oxygen atoms in total. The molecule has 0 unspecified atom stereocenters. The highest BCUT2D eigenvalue weighted by atomic mass is 16.6. The lowest BCUT2D eigenvalue weighted by molar-refractivity contribution is 0.0523. The van der Waals surface area contributed by atoms with Crippen LogP contribution in [0.15, 0.2) is 49.2 Å². The molecular weight excluding hydrogens is 382 g/mol. The van der Waals surface area contributed by atoms with E-state index in [1.165, 1.54) is 0 Å². The first-order valence-corrected chi connectivity index (χ1v) is 9.54. The van der Waals surface area contributed by atoms with Gasteiger partial charge in [-0.1, -0.05) is 0 Å². The van der Waals surface area contributed by atoms with Crippen LogP contribution in [0.2, 0.25) is 0 Å². The van der Waals surface area contributed by atoms with Gasteiger partial charge in [-0.25, -0.2) is 14.3 Å². The third kappa shape index (κ3) is 4.29. The van der Waals surface area contributed by atoms with Crippen LogP contribution in [0.5, 0.6) is 0 Å². The average molecular weight is 405 g/mol. The molecule has 4 aromatic rings. The van der Waals surface area contributed by atoms with Gasteiger partial charge in [0.05, 0.1) is 47.7 Å². The van der Waals surface area contributed by atoms with Gasteiger partial charge in [0.2, 0.25) is 0 Å². The molecule has 4 aromatic heterocycles. The number of hydrogen-bond donors (Lipinski definition) is 1. The van der Waals surface area contributed by atoms with E-state index < -0.39 is 11.7 Å². The number of alkyl carbamates (subject to hydrolysis) is 1. The Morgan fingerprint density at radius 3 is 2.60 bits per heavy atom. The molecule has 0 fully saturated rings. The van der Waals surface area contributed by atoms with E-state index in [0.29, 0.717) is 0 Å². The fourth-order valence-electron chi connectivity index (χ4n) is 2.98. The minimum absolute atomic E-state index is 0.278. The Labute approximate surface area is 173 Å². The lowest BCUT2D eigenvalue weighted by Crippen LogP contribution is -2.32. The van der Waals surface area contributed by atoms with Crippen LogP contribution >= 0.6 is 0 Å². The van der Waals surface area contributed by atoms with Crippen LogP contribution in [0.4, 0.5) is 4.79 Å². The predicted octanol–water partition coefficient (Wildman–Crippen LogP) is 3.22. The standard InChI is InChI=1S/C21H23N7O2/c1-21(2,3)30-20(29)23-11-16-6-5-14(9-22-16)19-18-7-8-24-28(18)13-17(26-19)15-10-25-27(4)12-15/h5-10,12-13H,11H2,1-4H3,(H,23,29). The first kappa shape index (κ1) is 19.6. The molecule has 0 saturated heterocycles. The van der Waals surface area contributed by atoms with E-state index in [9.17, 15) is 4.79 Å². The average Bonchev–Trinajstić information content (AvgIpc) is 3.33. The van der Waals surface area contributed by atoms with Crippen LogP contribution < -0.4 is 5.32 Å². The van der Waals surface area contributed by atoms with Gasteiger partial charge in [0, 0.05) is 30.6 Å². The van der Waals surface area contributed by atoms with Crippen LogP contribution in [-0.2, 0) is 18.3 Å². The second kappa shape index (κ2) is 7.58. The van der Waals surface area contributed by atoms with Crippen molar-refractivity contribution >= 4 is 11.6 Å². The number of nitrogens with one attached hydrogen (secondary N) is 1. The fourth-order valence-corrected chi connectivity index (χ4v) is 2.98. The summed E-state index contributed by atoms with van der Waals surface area (Å²) in [7, 11) is 1.87. The van der Waals surface area contributed by atoms with Crippen LogP contribution in [0.3, 0.4) is 0 Å². The van der Waals surface area contributed by atoms with Gasteiger partial charge >= 0.3 is 6.09 Å². The number of pyridine rings is 1. The summed E-state index contributed by atoms with van der Waals surface area (Å²) in [5, 5.41) is 11.3. The molecular formula is C21H23N7O2. The molecule has 0 spiro atoms. The molecule has 1 N–H and O–H groups in total. The third-order valence-electron chi connectivity index (χ3n) is 4.30. The summed E-state index contributed by atoms with van der Waals surface area (Å²) in [6.45, 7) is 5.75. The Morgan fingerprint density at radius 1 is 1.10 bits per heavy atom. The van der Waals surface area contributed by atoms with Gasteiger partial charge in [-0.15, -0.1) is 0 Å². The van der Waals surface area contributed by atoms with Crippen LogP contribution in [0, 0.1) is 0 Å². The number of ether oxygens (including phenoxy) is 1. The number of carbonyl (C=O) groups excluding carboxylic acids is 1. The monoisotopic (exact) mass is 405 g/mol. The second-order valence-electron chi connectivity index (χ2n) is 7.93. The van der Waals surface area contributed by atoms with Crippen LogP contribution in [-0.4, -0.2) is 41.1 Å². The van der Waals surface area contributed by atoms with Crippen molar-refractivity contribution in [2.75, 3.05) is 0 Å². The smallest absolute Gasteiger partial charge is 0.407 e. The van der Waals surface area contributed by atoms with E-state index in [-0.39, 0.29) is 6.54 Å². The van der Waals surface area contributed by atoms with Gasteiger partial charge in [-0.3, -0.25) is 9.67 Å². The highest BCUT2D eigenvalue weighted by molar-refractivity contribution is 5.78. The Morgan fingerprint density at radius 2 is 1.93 bits per heavy atom. The number of hydrogen-bond acceptors (Lipinski definition) is 6. The number of rotatable bonds is 4. The molecule has 4 rings (SSSR count). The molecule has 0 atom stereocenters. The van der Waals surface area contributed by atoms with Gasteiger partial charge < -0.3 is 10.1 Å². The SMILES string of the molecule is Cn1cc(-c2cn3nccc3c(-c3ccc(CNC(=O)OC(C)(C)C)nc3)n2)cn1. The lowest BCUT2D eigenvalue weighted by atomic mass is 10.1. The third-order valence-corrected chi connectivity index (χ3v) is 4.30. The summed E-state index contributed by atoms with van der Waals surface area (Å²) >= 11 is 0. The van der Waals surface area contributed by atoms with Gasteiger partial charge in [0.25, 0.3) is 0 Å². The normalized spacial score (nSPS) is 11.6. The van der Waals surface area contributed by atoms with E-state index in [4.69, 9.17) is 9.72 Å². The Bertz CT molecular complexity index is 1190. The topological polar surface area (TPSA) is 99.2 Å². The van der Waals surface area contributed by atoms with Gasteiger partial charge in [-0.05, 0) is 39.0 Å². The number of aromatic nitrogens is 6. The van der Waals surface area contributed by atoms with Crippen molar-refractivity contribution in [2.45, 2.75) is 32.9 Å². The van der Waals surface area contributed by atoms with E-state index in [2.05, 4.69) is 20.5 Å². The van der Waals surface area contributed by atoms with Crippen molar-refractivity contribution in [2.24, 2.45) is 7.05 Å². The Balaban J connectivity index is 1.58. The highest BCUT2D eigenvalue weighted by Gasteiger charge is 2.16. The molecule has 0 radical (unpaired) electrons. The van der Waals surface area contributed by atoms with Crippen molar-refractivity contribution < 1.29 is 9.53 Å². The Kier molecular flexibility index (Phi) is 4.94. The van der Waals surface area contributed by atoms with E-state index in [0.717, 1.165) is 33.7 Å². The molecule has 0 aromatic carbocycles. The summed E-state index contributed by atoms with van der Waals surface area (Å²) in [6.07, 6.45) is 8.56. The lowest BCUT2D eigenvalue weighted by Gasteiger charge is -2.19. The number of nitrogens with zero attached hydrogens (tertiary/aromatic N) is 6. The zero-order valence-corrected chi connectivity index (χ0v) is 17.3. The number of aryl methyl sites for hydroxylation is 1. The molecule has 154 valence electrons. The van der Waals surface area contributed by atoms with Crippen LogP contribution in [0.1, 0.15) is 26.5 Å². The summed E-state index contributed by atoms with van der Waals surface area (Å²) in [5.74, 6) is 0. The molecule has 0 saturated carbocycles. The molecule has 1 amide bonds. The van der Waals surface area contributed by atoms with E-state index in [1.807, 2.05) is 58.4 Å². The maximum Gasteiger partial charge on any atom is 0.407 e. The first-order chi connectivity index (χ1) is 14.3.